The van der Waals surface area contributed by atoms with Crippen LogP contribution < -0.4 is 5.73 Å². The fraction of sp³-hybridized carbons (Fsp3) is 0.552. The molecular weight excluding hydrogens is 592 g/mol. The number of Topliss-reactive ketones (excluding diaryl/α,β-unsaturated/α-hetero) is 2. The zero-order valence-electron chi connectivity index (χ0n) is 23.4. The Labute approximate surface area is 254 Å². The minimum atomic E-state index is -2.72. The van der Waals surface area contributed by atoms with E-state index in [-0.39, 0.29) is 65.6 Å². The van der Waals surface area contributed by atoms with Crippen molar-refractivity contribution in [1.29, 1.82) is 0 Å². The van der Waals surface area contributed by atoms with Crippen LogP contribution in [0.3, 0.4) is 0 Å². The molecule has 4 aliphatic carbocycles. The molecule has 230 valence electrons. The Bertz CT molecular complexity index is 1440. The number of carbonyl (C=O) groups is 3. The first-order valence-corrected chi connectivity index (χ1v) is 13.8. The van der Waals surface area contributed by atoms with Crippen molar-refractivity contribution >= 4 is 48.0 Å². The van der Waals surface area contributed by atoms with E-state index in [0.717, 1.165) is 38.6 Å². The maximum absolute atomic E-state index is 16.1. The number of aliphatic hydroxyl groups excluding tert-OH is 2. The molecule has 1 heterocycles. The quantitative estimate of drug-likeness (QED) is 0.315. The molecule has 13 heteroatoms. The minimum absolute atomic E-state index is 0. The highest BCUT2D eigenvalue weighted by Crippen LogP contribution is 2.54. The van der Waals surface area contributed by atoms with Gasteiger partial charge in [0.1, 0.15) is 28.7 Å². The molecular formula is C29H36Cl2FN3O7. The van der Waals surface area contributed by atoms with Crippen molar-refractivity contribution in [2.75, 3.05) is 20.6 Å². The van der Waals surface area contributed by atoms with Crippen LogP contribution in [0.4, 0.5) is 4.39 Å². The van der Waals surface area contributed by atoms with Gasteiger partial charge >= 0.3 is 0 Å². The van der Waals surface area contributed by atoms with E-state index < -0.39 is 63.9 Å². The Morgan fingerprint density at radius 3 is 2.40 bits per heavy atom. The number of aromatic hydroxyl groups is 1. The summed E-state index contributed by atoms with van der Waals surface area (Å²) < 4.78 is 16.1. The van der Waals surface area contributed by atoms with Gasteiger partial charge in [0.25, 0.3) is 5.91 Å². The molecule has 3 fully saturated rings. The summed E-state index contributed by atoms with van der Waals surface area (Å²) in [5.41, 5.74) is 1.72. The lowest BCUT2D eigenvalue weighted by molar-refractivity contribution is -0.153. The van der Waals surface area contributed by atoms with Gasteiger partial charge in [0, 0.05) is 34.7 Å². The van der Waals surface area contributed by atoms with Gasteiger partial charge in [-0.05, 0) is 71.1 Å². The molecule has 4 atom stereocenters. The number of ketones is 2. The number of aliphatic hydroxyl groups is 3. The van der Waals surface area contributed by atoms with E-state index in [1.54, 1.807) is 0 Å². The van der Waals surface area contributed by atoms with Gasteiger partial charge in [-0.3, -0.25) is 24.2 Å². The van der Waals surface area contributed by atoms with Crippen molar-refractivity contribution in [2.24, 2.45) is 17.6 Å². The lowest BCUT2D eigenvalue weighted by Crippen LogP contribution is -2.65. The van der Waals surface area contributed by atoms with Crippen LogP contribution in [0.5, 0.6) is 5.75 Å². The van der Waals surface area contributed by atoms with Gasteiger partial charge < -0.3 is 26.2 Å². The van der Waals surface area contributed by atoms with Crippen molar-refractivity contribution in [3.8, 4) is 5.75 Å². The third-order valence-corrected chi connectivity index (χ3v) is 9.91. The Balaban J connectivity index is 0.00000202. The van der Waals surface area contributed by atoms with Gasteiger partial charge in [0.05, 0.1) is 11.6 Å². The molecule has 6 N–H and O–H groups in total. The summed E-state index contributed by atoms with van der Waals surface area (Å²) in [5.74, 6) is -8.02. The monoisotopic (exact) mass is 627 g/mol. The number of primary amides is 1. The number of piperidine rings is 1. The second kappa shape index (κ2) is 10.8. The van der Waals surface area contributed by atoms with Gasteiger partial charge in [-0.1, -0.05) is 6.42 Å². The zero-order chi connectivity index (χ0) is 28.9. The first-order valence-electron chi connectivity index (χ1n) is 13.8. The molecule has 1 aromatic rings. The fourth-order valence-electron chi connectivity index (χ4n) is 7.78. The lowest BCUT2D eigenvalue weighted by Gasteiger charge is -2.50. The summed E-state index contributed by atoms with van der Waals surface area (Å²) in [6, 6.07) is 0.0980. The van der Waals surface area contributed by atoms with E-state index in [0.29, 0.717) is 12.1 Å². The van der Waals surface area contributed by atoms with Crippen molar-refractivity contribution < 1.29 is 39.2 Å². The van der Waals surface area contributed by atoms with Crippen LogP contribution in [0.2, 0.25) is 0 Å². The van der Waals surface area contributed by atoms with Gasteiger partial charge in [-0.25, -0.2) is 4.39 Å². The predicted octanol–water partition coefficient (Wildman–Crippen LogP) is 2.47. The predicted molar refractivity (Wildman–Crippen MR) is 155 cm³/mol. The maximum Gasteiger partial charge on any atom is 0.255 e. The summed E-state index contributed by atoms with van der Waals surface area (Å²) in [7, 11) is 3.06. The van der Waals surface area contributed by atoms with E-state index >= 15 is 4.39 Å². The van der Waals surface area contributed by atoms with E-state index in [4.69, 9.17) is 5.73 Å². The number of benzene rings is 1. The Hall–Kier alpha value is -2.70. The molecule has 1 aromatic carbocycles. The fourth-order valence-corrected chi connectivity index (χ4v) is 7.78. The lowest BCUT2D eigenvalue weighted by atomic mass is 9.57. The maximum atomic E-state index is 16.1. The van der Waals surface area contributed by atoms with Crippen molar-refractivity contribution in [3.63, 3.8) is 0 Å². The number of halogens is 3. The van der Waals surface area contributed by atoms with Crippen LogP contribution in [0.15, 0.2) is 23.0 Å². The third kappa shape index (κ3) is 4.35. The zero-order valence-corrected chi connectivity index (χ0v) is 25.0. The summed E-state index contributed by atoms with van der Waals surface area (Å²) in [6.45, 7) is 1.16. The summed E-state index contributed by atoms with van der Waals surface area (Å²) in [4.78, 5) is 42.8. The van der Waals surface area contributed by atoms with Crippen LogP contribution in [-0.2, 0) is 27.3 Å². The molecule has 5 aliphatic rings. The topological polar surface area (TPSA) is 165 Å². The highest BCUT2D eigenvalue weighted by atomic mass is 35.5. The molecule has 1 saturated heterocycles. The van der Waals surface area contributed by atoms with E-state index in [1.807, 2.05) is 0 Å². The molecule has 0 radical (unpaired) electrons. The van der Waals surface area contributed by atoms with Crippen molar-refractivity contribution in [2.45, 2.75) is 68.7 Å². The highest BCUT2D eigenvalue weighted by Gasteiger charge is 2.64. The standard InChI is InChI=1S/C29H34FN3O7.2ClH/c1-32(2)22-16-10-13-9-15-19(17(34)11-14(21(15)30)12-33-8-4-3-5-28(33)6-7-28)23(35)18(13)25(37)29(16,40)26(38)20(24(22)36)27(31)39;;/h11,13,16,22,34-35,38,40H,3-10,12H2,1-2H3,(H2,31,39);2*1H/t13-,16-,22-,29-;;/m0../s1. The highest BCUT2D eigenvalue weighted by molar-refractivity contribution is 6.24. The number of phenols is 1. The average molecular weight is 629 g/mol. The number of phenolic OH excluding ortho intramolecular Hbond substituents is 1. The third-order valence-electron chi connectivity index (χ3n) is 9.91. The Kier molecular flexibility index (Phi) is 8.27. The normalized spacial score (nSPS) is 29.9. The molecule has 2 saturated carbocycles. The molecule has 1 spiro atoms. The number of nitrogens with two attached hydrogens (primary N) is 1. The van der Waals surface area contributed by atoms with Crippen molar-refractivity contribution in [1.82, 2.24) is 9.80 Å². The van der Waals surface area contributed by atoms with Gasteiger partial charge in [0.15, 0.2) is 11.4 Å². The van der Waals surface area contributed by atoms with Gasteiger partial charge in [0.2, 0.25) is 5.78 Å². The number of hydrogen-bond acceptors (Lipinski definition) is 9. The van der Waals surface area contributed by atoms with Crippen LogP contribution in [0, 0.1) is 17.7 Å². The van der Waals surface area contributed by atoms with E-state index in [1.165, 1.54) is 25.1 Å². The molecule has 6 rings (SSSR count). The largest absolute Gasteiger partial charge is 0.508 e. The van der Waals surface area contributed by atoms with Gasteiger partial charge in [-0.15, -0.1) is 24.8 Å². The van der Waals surface area contributed by atoms with E-state index in [2.05, 4.69) is 4.90 Å². The number of carbonyl (C=O) groups excluding carboxylic acids is 3. The molecule has 10 nitrogen and oxygen atoms in total. The molecule has 1 aliphatic heterocycles. The Morgan fingerprint density at radius 1 is 1.14 bits per heavy atom. The number of likely N-dealkylation sites (tertiary alicyclic amines) is 1. The number of rotatable bonds is 4. The second-order valence-corrected chi connectivity index (χ2v) is 12.3. The van der Waals surface area contributed by atoms with Crippen LogP contribution in [0.25, 0.3) is 5.76 Å². The summed E-state index contributed by atoms with van der Waals surface area (Å²) in [5, 5.41) is 44.8. The smallest absolute Gasteiger partial charge is 0.255 e. The SMILES string of the molecule is CN(C)[C@@H]1C(=O)C(C(N)=O)=C(O)[C@@]2(O)C(=O)C3=C(O)c4c(O)cc(CN5CCCCC56CC6)c(F)c4C[C@H]3C[C@@H]12.Cl.Cl. The number of likely N-dealkylation sites (N-methyl/N-ethyl adjacent to an activating group) is 1. The summed E-state index contributed by atoms with van der Waals surface area (Å²) in [6.07, 6.45) is 5.22. The number of nitrogens with zero attached hydrogens (tertiary/aromatic N) is 2. The molecule has 1 amide bonds. The first-order chi connectivity index (χ1) is 18.8. The van der Waals surface area contributed by atoms with Crippen LogP contribution in [-0.4, -0.2) is 85.5 Å². The number of amides is 1. The minimum Gasteiger partial charge on any atom is -0.508 e. The summed E-state index contributed by atoms with van der Waals surface area (Å²) >= 11 is 0. The number of hydrogen-bond donors (Lipinski definition) is 5. The van der Waals surface area contributed by atoms with Crippen molar-refractivity contribution in [3.05, 3.63) is 45.5 Å². The van der Waals surface area contributed by atoms with Crippen LogP contribution >= 0.6 is 24.8 Å². The van der Waals surface area contributed by atoms with E-state index in [9.17, 15) is 34.8 Å². The van der Waals surface area contributed by atoms with Gasteiger partial charge in [-0.2, -0.15) is 0 Å². The molecule has 0 unspecified atom stereocenters. The number of fused-ring (bicyclic) bond motifs is 3. The molecule has 0 bridgehead atoms. The second-order valence-electron chi connectivity index (χ2n) is 12.3. The first kappa shape index (κ1) is 32.2. The molecule has 42 heavy (non-hydrogen) atoms. The van der Waals surface area contributed by atoms with Crippen LogP contribution in [0.1, 0.15) is 55.2 Å². The Morgan fingerprint density at radius 2 is 1.81 bits per heavy atom. The average Bonchev–Trinajstić information content (AvgIpc) is 3.65. The molecule has 0 aromatic heterocycles.